The van der Waals surface area contributed by atoms with Crippen molar-refractivity contribution in [1.82, 2.24) is 9.80 Å². The van der Waals surface area contributed by atoms with Crippen molar-refractivity contribution in [1.29, 1.82) is 0 Å². The zero-order valence-electron chi connectivity index (χ0n) is 13.3. The lowest BCUT2D eigenvalue weighted by Crippen LogP contribution is -2.50. The lowest BCUT2D eigenvalue weighted by Gasteiger charge is -2.39. The Kier molecular flexibility index (Phi) is 5.48. The van der Waals surface area contributed by atoms with E-state index >= 15 is 0 Å². The van der Waals surface area contributed by atoms with Crippen LogP contribution in [0.2, 0.25) is 0 Å². The predicted octanol–water partition coefficient (Wildman–Crippen LogP) is 2.80. The van der Waals surface area contributed by atoms with Gasteiger partial charge < -0.3 is 14.9 Å². The van der Waals surface area contributed by atoms with Gasteiger partial charge in [0.1, 0.15) is 0 Å². The smallest absolute Gasteiger partial charge is 0.319 e. The molecule has 5 nitrogen and oxygen atoms in total. The van der Waals surface area contributed by atoms with Crippen molar-refractivity contribution in [3.63, 3.8) is 0 Å². The van der Waals surface area contributed by atoms with E-state index in [2.05, 4.69) is 6.92 Å². The van der Waals surface area contributed by atoms with Crippen LogP contribution in [0.5, 0.6) is 0 Å². The average Bonchev–Trinajstić information content (AvgIpc) is 2.45. The predicted molar refractivity (Wildman–Crippen MR) is 81.1 cm³/mol. The number of nitrogens with zero attached hydrogens (tertiary/aromatic N) is 2. The van der Waals surface area contributed by atoms with E-state index in [1.165, 1.54) is 12.8 Å². The van der Waals surface area contributed by atoms with Gasteiger partial charge in [-0.25, -0.2) is 4.79 Å². The Morgan fingerprint density at radius 3 is 2.67 bits per heavy atom. The number of carboxylic acid groups (broad SMARTS) is 1. The molecule has 2 rings (SSSR count). The molecule has 2 aliphatic rings. The minimum atomic E-state index is -0.760. The van der Waals surface area contributed by atoms with Crippen LogP contribution >= 0.6 is 0 Å². The molecule has 0 aromatic rings. The van der Waals surface area contributed by atoms with Crippen LogP contribution in [-0.4, -0.2) is 53.1 Å². The summed E-state index contributed by atoms with van der Waals surface area (Å²) in [6.07, 6.45) is 6.66. The molecule has 0 spiro atoms. The number of carbonyl (C=O) groups excluding carboxylic acids is 1. The summed E-state index contributed by atoms with van der Waals surface area (Å²) >= 11 is 0. The van der Waals surface area contributed by atoms with E-state index in [-0.39, 0.29) is 18.4 Å². The molecule has 0 aromatic heterocycles. The fourth-order valence-electron chi connectivity index (χ4n) is 3.79. The number of amides is 2. The lowest BCUT2D eigenvalue weighted by molar-refractivity contribution is -0.138. The molecule has 3 atom stereocenters. The van der Waals surface area contributed by atoms with E-state index in [1.807, 2.05) is 16.8 Å². The molecule has 1 saturated carbocycles. The van der Waals surface area contributed by atoms with E-state index in [4.69, 9.17) is 5.11 Å². The fourth-order valence-corrected chi connectivity index (χ4v) is 3.79. The largest absolute Gasteiger partial charge is 0.481 e. The first kappa shape index (κ1) is 16.1. The first-order valence-corrected chi connectivity index (χ1v) is 8.21. The molecule has 1 heterocycles. The van der Waals surface area contributed by atoms with Crippen LogP contribution in [0.15, 0.2) is 0 Å². The zero-order chi connectivity index (χ0) is 15.4. The number of piperidine rings is 1. The van der Waals surface area contributed by atoms with Crippen LogP contribution in [-0.2, 0) is 4.79 Å². The maximum absolute atomic E-state index is 12.6. The molecule has 2 amide bonds. The minimum absolute atomic E-state index is 0.0872. The van der Waals surface area contributed by atoms with Gasteiger partial charge in [-0.3, -0.25) is 4.79 Å². The quantitative estimate of drug-likeness (QED) is 0.871. The molecule has 120 valence electrons. The summed E-state index contributed by atoms with van der Waals surface area (Å²) in [6.45, 7) is 3.62. The first-order chi connectivity index (χ1) is 9.97. The molecule has 0 aromatic carbocycles. The molecule has 0 bridgehead atoms. The summed E-state index contributed by atoms with van der Waals surface area (Å²) in [5.41, 5.74) is 0. The Hall–Kier alpha value is -1.26. The summed E-state index contributed by atoms with van der Waals surface area (Å²) < 4.78 is 0. The van der Waals surface area contributed by atoms with Crippen LogP contribution < -0.4 is 0 Å². The highest BCUT2D eigenvalue weighted by molar-refractivity contribution is 5.75. The van der Waals surface area contributed by atoms with Crippen LogP contribution in [0.3, 0.4) is 0 Å². The van der Waals surface area contributed by atoms with Gasteiger partial charge in [0, 0.05) is 32.6 Å². The number of hydrogen-bond donors (Lipinski definition) is 1. The van der Waals surface area contributed by atoms with E-state index < -0.39 is 5.97 Å². The second-order valence-electron chi connectivity index (χ2n) is 6.87. The van der Waals surface area contributed by atoms with Crippen molar-refractivity contribution < 1.29 is 14.7 Å². The van der Waals surface area contributed by atoms with Crippen molar-refractivity contribution in [3.05, 3.63) is 0 Å². The Bertz CT molecular complexity index is 386. The third-order valence-electron chi connectivity index (χ3n) is 5.01. The Morgan fingerprint density at radius 2 is 2.00 bits per heavy atom. The summed E-state index contributed by atoms with van der Waals surface area (Å²) in [5, 5.41) is 8.92. The van der Waals surface area contributed by atoms with Crippen molar-refractivity contribution in [2.45, 2.75) is 57.9 Å². The normalized spacial score (nSPS) is 30.0. The lowest BCUT2D eigenvalue weighted by atomic mass is 9.86. The average molecular weight is 296 g/mol. The summed E-state index contributed by atoms with van der Waals surface area (Å²) in [6, 6.07) is 0.435. The highest BCUT2D eigenvalue weighted by Crippen LogP contribution is 2.28. The second kappa shape index (κ2) is 7.14. The zero-order valence-corrected chi connectivity index (χ0v) is 13.3. The molecule has 1 N–H and O–H groups in total. The number of rotatable bonds is 3. The number of carbonyl (C=O) groups is 2. The molecule has 5 heteroatoms. The topological polar surface area (TPSA) is 60.9 Å². The molecular weight excluding hydrogens is 268 g/mol. The number of urea groups is 1. The maximum atomic E-state index is 12.6. The first-order valence-electron chi connectivity index (χ1n) is 8.21. The van der Waals surface area contributed by atoms with E-state index in [0.29, 0.717) is 18.5 Å². The van der Waals surface area contributed by atoms with Gasteiger partial charge >= 0.3 is 12.0 Å². The van der Waals surface area contributed by atoms with Crippen LogP contribution in [0.1, 0.15) is 51.9 Å². The molecular formula is C16H28N2O3. The molecule has 2 fully saturated rings. The summed E-state index contributed by atoms with van der Waals surface area (Å²) in [4.78, 5) is 27.2. The van der Waals surface area contributed by atoms with Gasteiger partial charge in [-0.05, 0) is 37.5 Å². The third-order valence-corrected chi connectivity index (χ3v) is 5.01. The number of aliphatic carboxylic acids is 1. The van der Waals surface area contributed by atoms with Crippen molar-refractivity contribution in [2.24, 2.45) is 11.8 Å². The Balaban J connectivity index is 1.90. The fraction of sp³-hybridized carbons (Fsp3) is 0.875. The van der Waals surface area contributed by atoms with Gasteiger partial charge in [0.2, 0.25) is 0 Å². The molecule has 3 unspecified atom stereocenters. The van der Waals surface area contributed by atoms with Gasteiger partial charge in [-0.1, -0.05) is 19.8 Å². The highest BCUT2D eigenvalue weighted by Gasteiger charge is 2.31. The van der Waals surface area contributed by atoms with Crippen LogP contribution in [0, 0.1) is 11.8 Å². The van der Waals surface area contributed by atoms with Crippen LogP contribution in [0.4, 0.5) is 4.79 Å². The Morgan fingerprint density at radius 1 is 1.24 bits per heavy atom. The van der Waals surface area contributed by atoms with Crippen molar-refractivity contribution >= 4 is 12.0 Å². The van der Waals surface area contributed by atoms with Gasteiger partial charge in [0.15, 0.2) is 0 Å². The van der Waals surface area contributed by atoms with Gasteiger partial charge in [0.25, 0.3) is 0 Å². The Labute approximate surface area is 127 Å². The van der Waals surface area contributed by atoms with E-state index in [1.54, 1.807) is 0 Å². The SMILES string of the molecule is CC1CCCC(N(C)C(=O)N2CCCC(CC(=O)O)C2)C1. The van der Waals surface area contributed by atoms with Crippen molar-refractivity contribution in [2.75, 3.05) is 20.1 Å². The summed E-state index contributed by atoms with van der Waals surface area (Å²) in [7, 11) is 1.91. The van der Waals surface area contributed by atoms with Gasteiger partial charge in [0.05, 0.1) is 0 Å². The standard InChI is InChI=1S/C16H28N2O3/c1-12-5-3-7-14(9-12)17(2)16(21)18-8-4-6-13(11-18)10-15(19)20/h12-14H,3-11H2,1-2H3,(H,19,20). The monoisotopic (exact) mass is 296 g/mol. The summed E-state index contributed by atoms with van der Waals surface area (Å²) in [5.74, 6) is 0.0442. The maximum Gasteiger partial charge on any atom is 0.319 e. The highest BCUT2D eigenvalue weighted by atomic mass is 16.4. The molecule has 0 radical (unpaired) electrons. The molecule has 21 heavy (non-hydrogen) atoms. The molecule has 1 saturated heterocycles. The molecule has 1 aliphatic heterocycles. The number of likely N-dealkylation sites (tertiary alicyclic amines) is 1. The third kappa shape index (κ3) is 4.35. The number of carboxylic acids is 1. The van der Waals surface area contributed by atoms with Gasteiger partial charge in [-0.2, -0.15) is 0 Å². The van der Waals surface area contributed by atoms with E-state index in [9.17, 15) is 9.59 Å². The van der Waals surface area contributed by atoms with Crippen molar-refractivity contribution in [3.8, 4) is 0 Å². The second-order valence-corrected chi connectivity index (χ2v) is 6.87. The number of hydrogen-bond acceptors (Lipinski definition) is 2. The van der Waals surface area contributed by atoms with Gasteiger partial charge in [-0.15, -0.1) is 0 Å². The van der Waals surface area contributed by atoms with Crippen LogP contribution in [0.25, 0.3) is 0 Å². The minimum Gasteiger partial charge on any atom is -0.481 e. The van der Waals surface area contributed by atoms with E-state index in [0.717, 1.165) is 32.2 Å². The molecule has 1 aliphatic carbocycles.